The predicted octanol–water partition coefficient (Wildman–Crippen LogP) is 2.33. The molecule has 8 nitrogen and oxygen atoms in total. The van der Waals surface area contributed by atoms with Crippen LogP contribution in [0.15, 0.2) is 30.3 Å². The van der Waals surface area contributed by atoms with Gasteiger partial charge in [0.2, 0.25) is 18.2 Å². The van der Waals surface area contributed by atoms with Crippen LogP contribution in [-0.2, 0) is 19.2 Å². The number of nitrogens with one attached hydrogen (secondary N) is 2. The molecule has 0 aliphatic carbocycles. The second kappa shape index (κ2) is 12.6. The third-order valence-corrected chi connectivity index (χ3v) is 4.77. The van der Waals surface area contributed by atoms with Crippen LogP contribution < -0.4 is 15.5 Å². The molecule has 3 N–H and O–H groups in total. The minimum absolute atomic E-state index is 0.0742. The van der Waals surface area contributed by atoms with Crippen molar-refractivity contribution in [3.63, 3.8) is 0 Å². The lowest BCUT2D eigenvalue weighted by atomic mass is 10.00. The van der Waals surface area contributed by atoms with E-state index in [1.54, 1.807) is 30.3 Å². The van der Waals surface area contributed by atoms with Crippen LogP contribution in [0.2, 0.25) is 0 Å². The molecule has 3 amide bonds. The van der Waals surface area contributed by atoms with Crippen molar-refractivity contribution in [1.82, 2.24) is 10.6 Å². The third kappa shape index (κ3) is 7.50. The minimum Gasteiger partial charge on any atom is -0.480 e. The number of carboxylic acid groups (broad SMARTS) is 1. The van der Waals surface area contributed by atoms with Crippen LogP contribution in [0.5, 0.6) is 0 Å². The molecule has 8 heteroatoms. The highest BCUT2D eigenvalue weighted by atomic mass is 16.4. The van der Waals surface area contributed by atoms with Gasteiger partial charge in [0.05, 0.1) is 0 Å². The summed E-state index contributed by atoms with van der Waals surface area (Å²) in [6.45, 7) is 7.24. The number of aliphatic carboxylic acids is 1. The molecule has 0 aliphatic rings. The summed E-state index contributed by atoms with van der Waals surface area (Å²) in [6.07, 6.45) is 2.87. The fraction of sp³-hybridized carbons (Fsp3) is 0.545. The van der Waals surface area contributed by atoms with E-state index in [0.29, 0.717) is 24.9 Å². The number of carbonyl (C=O) groups is 4. The number of para-hydroxylation sites is 1. The SMILES string of the molecule is CCCC[C@H](NC=O)C(=O)N[C@@H](CC(C)C)C(=O)N(c1ccccc1)[C@@H](C)C(=O)O. The lowest BCUT2D eigenvalue weighted by Crippen LogP contribution is -2.56. The number of carbonyl (C=O) groups excluding carboxylic acids is 3. The first kappa shape index (κ1) is 25.1. The number of amides is 3. The molecule has 0 unspecified atom stereocenters. The molecule has 166 valence electrons. The zero-order valence-electron chi connectivity index (χ0n) is 18.1. The largest absolute Gasteiger partial charge is 0.480 e. The summed E-state index contributed by atoms with van der Waals surface area (Å²) in [6, 6.07) is 5.74. The van der Waals surface area contributed by atoms with E-state index in [-0.39, 0.29) is 5.92 Å². The quantitative estimate of drug-likeness (QED) is 0.424. The predicted molar refractivity (Wildman–Crippen MR) is 115 cm³/mol. The lowest BCUT2D eigenvalue weighted by molar-refractivity contribution is -0.140. The van der Waals surface area contributed by atoms with E-state index < -0.39 is 35.9 Å². The van der Waals surface area contributed by atoms with Crippen LogP contribution in [0.25, 0.3) is 0 Å². The van der Waals surface area contributed by atoms with E-state index in [4.69, 9.17) is 0 Å². The molecule has 0 heterocycles. The molecule has 0 bridgehead atoms. The average molecular weight is 420 g/mol. The Morgan fingerprint density at radius 1 is 1.10 bits per heavy atom. The number of nitrogens with zero attached hydrogens (tertiary/aromatic N) is 1. The van der Waals surface area contributed by atoms with Gasteiger partial charge in [-0.1, -0.05) is 51.8 Å². The van der Waals surface area contributed by atoms with Crippen molar-refractivity contribution in [2.24, 2.45) is 5.92 Å². The Bertz CT molecular complexity index is 708. The van der Waals surface area contributed by atoms with Gasteiger partial charge in [-0.05, 0) is 37.8 Å². The number of rotatable bonds is 13. The fourth-order valence-electron chi connectivity index (χ4n) is 3.15. The number of hydrogen-bond donors (Lipinski definition) is 3. The van der Waals surface area contributed by atoms with Crippen molar-refractivity contribution < 1.29 is 24.3 Å². The van der Waals surface area contributed by atoms with Gasteiger partial charge in [-0.3, -0.25) is 19.3 Å². The van der Waals surface area contributed by atoms with Crippen LogP contribution in [0, 0.1) is 5.92 Å². The molecule has 3 atom stereocenters. The summed E-state index contributed by atoms with van der Waals surface area (Å²) >= 11 is 0. The maximum absolute atomic E-state index is 13.4. The van der Waals surface area contributed by atoms with Crippen LogP contribution in [0.1, 0.15) is 53.4 Å². The van der Waals surface area contributed by atoms with Crippen molar-refractivity contribution in [3.05, 3.63) is 30.3 Å². The van der Waals surface area contributed by atoms with E-state index in [1.165, 1.54) is 11.8 Å². The normalized spacial score (nSPS) is 13.8. The number of benzene rings is 1. The zero-order chi connectivity index (χ0) is 22.7. The Balaban J connectivity index is 3.19. The van der Waals surface area contributed by atoms with Crippen molar-refractivity contribution in [2.45, 2.75) is 71.5 Å². The molecule has 0 aromatic heterocycles. The average Bonchev–Trinajstić information content (AvgIpc) is 2.70. The molecular formula is C22H33N3O5. The highest BCUT2D eigenvalue weighted by Gasteiger charge is 2.34. The second-order valence-electron chi connectivity index (χ2n) is 7.73. The van der Waals surface area contributed by atoms with Crippen LogP contribution in [0.3, 0.4) is 0 Å². The summed E-state index contributed by atoms with van der Waals surface area (Å²) in [5.41, 5.74) is 0.439. The van der Waals surface area contributed by atoms with Gasteiger partial charge in [-0.2, -0.15) is 0 Å². The molecule has 0 fully saturated rings. The van der Waals surface area contributed by atoms with Crippen molar-refractivity contribution in [1.29, 1.82) is 0 Å². The van der Waals surface area contributed by atoms with Crippen molar-refractivity contribution in [3.8, 4) is 0 Å². The topological polar surface area (TPSA) is 116 Å². The Morgan fingerprint density at radius 3 is 2.23 bits per heavy atom. The molecule has 1 aromatic rings. The van der Waals surface area contributed by atoms with Crippen LogP contribution in [0.4, 0.5) is 5.69 Å². The highest BCUT2D eigenvalue weighted by Crippen LogP contribution is 2.20. The fourth-order valence-corrected chi connectivity index (χ4v) is 3.15. The van der Waals surface area contributed by atoms with Gasteiger partial charge in [0.1, 0.15) is 18.1 Å². The molecule has 0 saturated carbocycles. The van der Waals surface area contributed by atoms with E-state index in [9.17, 15) is 24.3 Å². The van der Waals surface area contributed by atoms with Gasteiger partial charge in [0.15, 0.2) is 0 Å². The Labute approximate surface area is 178 Å². The van der Waals surface area contributed by atoms with Gasteiger partial charge < -0.3 is 15.7 Å². The van der Waals surface area contributed by atoms with Gasteiger partial charge in [-0.15, -0.1) is 0 Å². The molecule has 30 heavy (non-hydrogen) atoms. The van der Waals surface area contributed by atoms with Crippen LogP contribution >= 0.6 is 0 Å². The maximum Gasteiger partial charge on any atom is 0.326 e. The van der Waals surface area contributed by atoms with Gasteiger partial charge in [-0.25, -0.2) is 4.79 Å². The maximum atomic E-state index is 13.4. The van der Waals surface area contributed by atoms with Gasteiger partial charge in [0.25, 0.3) is 0 Å². The Kier molecular flexibility index (Phi) is 10.6. The first-order valence-corrected chi connectivity index (χ1v) is 10.3. The van der Waals surface area contributed by atoms with Gasteiger partial charge >= 0.3 is 5.97 Å². The summed E-state index contributed by atoms with van der Waals surface area (Å²) in [5.74, 6) is -2.03. The lowest BCUT2D eigenvalue weighted by Gasteiger charge is -2.32. The first-order chi connectivity index (χ1) is 14.2. The summed E-state index contributed by atoms with van der Waals surface area (Å²) in [4.78, 5) is 50.0. The molecule has 0 aliphatic heterocycles. The number of hydrogen-bond acceptors (Lipinski definition) is 4. The number of anilines is 1. The highest BCUT2D eigenvalue weighted by molar-refractivity contribution is 6.03. The monoisotopic (exact) mass is 419 g/mol. The summed E-state index contributed by atoms with van der Waals surface area (Å²) < 4.78 is 0. The molecule has 0 saturated heterocycles. The van der Waals surface area contributed by atoms with Gasteiger partial charge in [0, 0.05) is 5.69 Å². The molecule has 1 rings (SSSR count). The van der Waals surface area contributed by atoms with E-state index >= 15 is 0 Å². The standard InChI is InChI=1S/C22H33N3O5/c1-5-6-12-18(23-14-26)20(27)24-19(13-15(2)3)21(28)25(16(4)22(29)30)17-10-8-7-9-11-17/h7-11,14-16,18-19H,5-6,12-13H2,1-4H3,(H,23,26)(H,24,27)(H,29,30)/t16-,18-,19-/m0/s1. The molecule has 1 aromatic carbocycles. The number of unbranched alkanes of at least 4 members (excludes halogenated alkanes) is 1. The minimum atomic E-state index is -1.15. The van der Waals surface area contributed by atoms with Crippen molar-refractivity contribution in [2.75, 3.05) is 4.90 Å². The second-order valence-corrected chi connectivity index (χ2v) is 7.73. The smallest absolute Gasteiger partial charge is 0.326 e. The first-order valence-electron chi connectivity index (χ1n) is 10.3. The third-order valence-electron chi connectivity index (χ3n) is 4.77. The Hall–Kier alpha value is -2.90. The van der Waals surface area contributed by atoms with Crippen molar-refractivity contribution >= 4 is 29.9 Å². The van der Waals surface area contributed by atoms with E-state index in [2.05, 4.69) is 10.6 Å². The zero-order valence-corrected chi connectivity index (χ0v) is 18.1. The molecular weight excluding hydrogens is 386 g/mol. The number of carboxylic acids is 1. The van der Waals surface area contributed by atoms with E-state index in [0.717, 1.165) is 12.8 Å². The molecule has 0 radical (unpaired) electrons. The van der Waals surface area contributed by atoms with E-state index in [1.807, 2.05) is 20.8 Å². The molecule has 0 spiro atoms. The summed E-state index contributed by atoms with van der Waals surface area (Å²) in [7, 11) is 0. The Morgan fingerprint density at radius 2 is 1.73 bits per heavy atom. The summed E-state index contributed by atoms with van der Waals surface area (Å²) in [5, 5.41) is 14.8. The van der Waals surface area contributed by atoms with Crippen LogP contribution in [-0.4, -0.2) is 47.4 Å².